The number of nitro benzene ring substituents is 3. The van der Waals surface area contributed by atoms with E-state index in [1.54, 1.807) is 18.2 Å². The summed E-state index contributed by atoms with van der Waals surface area (Å²) in [5.41, 5.74) is -4.74. The predicted octanol–water partition coefficient (Wildman–Crippen LogP) is 4.04. The van der Waals surface area contributed by atoms with Gasteiger partial charge in [-0.25, -0.2) is 14.6 Å². The normalized spacial score (nSPS) is 16.6. The Balaban J connectivity index is 1.17. The smallest absolute Gasteiger partial charge is 0.355 e. The van der Waals surface area contributed by atoms with Crippen molar-refractivity contribution < 1.29 is 58.1 Å². The minimum Gasteiger partial charge on any atom is -0.457 e. The second kappa shape index (κ2) is 14.6. The molecule has 5 aromatic rings. The summed E-state index contributed by atoms with van der Waals surface area (Å²) in [6.45, 7) is 2.29. The number of non-ortho nitro benzene ring substituents is 2. The Labute approximate surface area is 339 Å². The minimum absolute atomic E-state index is 0.0183. The Hall–Kier alpha value is -8.12. The molecule has 0 amide bonds. The first-order chi connectivity index (χ1) is 29.1. The van der Waals surface area contributed by atoms with Crippen LogP contribution in [0.4, 0.5) is 21.9 Å². The van der Waals surface area contributed by atoms with E-state index in [0.29, 0.717) is 33.9 Å². The molecule has 0 bridgehead atoms. The second-order valence-corrected chi connectivity index (χ2v) is 13.7. The van der Waals surface area contributed by atoms with E-state index in [4.69, 9.17) is 42.7 Å². The van der Waals surface area contributed by atoms with Gasteiger partial charge in [0.15, 0.2) is 5.75 Å². The summed E-state index contributed by atoms with van der Waals surface area (Å²) >= 11 is 0. The number of nitrogens with two attached hydrogens (primary N) is 1. The predicted molar refractivity (Wildman–Crippen MR) is 204 cm³/mol. The van der Waals surface area contributed by atoms with E-state index in [1.807, 2.05) is 0 Å². The molecule has 24 heteroatoms. The van der Waals surface area contributed by atoms with Gasteiger partial charge in [-0.15, -0.1) is 0 Å². The summed E-state index contributed by atoms with van der Waals surface area (Å²) in [7, 11) is 5.15. The van der Waals surface area contributed by atoms with E-state index in [9.17, 15) is 49.5 Å². The van der Waals surface area contributed by atoms with E-state index in [0.717, 1.165) is 25.1 Å². The van der Waals surface area contributed by atoms with Gasteiger partial charge >= 0.3 is 11.9 Å². The lowest BCUT2D eigenvalue weighted by Gasteiger charge is -2.36. The van der Waals surface area contributed by atoms with Crippen molar-refractivity contribution in [2.75, 3.05) is 0 Å². The van der Waals surface area contributed by atoms with Crippen LogP contribution in [0.5, 0.6) is 11.5 Å². The molecular weight excluding hydrogens is 809 g/mol. The van der Waals surface area contributed by atoms with Crippen molar-refractivity contribution in [1.29, 1.82) is 0 Å². The van der Waals surface area contributed by atoms with Crippen LogP contribution in [0.1, 0.15) is 48.1 Å². The maximum atomic E-state index is 14.0. The van der Waals surface area contributed by atoms with Crippen molar-refractivity contribution >= 4 is 59.3 Å². The number of cyclic esters (lactones) is 1. The van der Waals surface area contributed by atoms with Crippen LogP contribution in [-0.4, -0.2) is 61.8 Å². The summed E-state index contributed by atoms with van der Waals surface area (Å²) in [4.78, 5) is 105. The van der Waals surface area contributed by atoms with Gasteiger partial charge in [0.25, 0.3) is 22.6 Å². The van der Waals surface area contributed by atoms with Crippen LogP contribution in [-0.2, 0) is 47.6 Å². The van der Waals surface area contributed by atoms with Crippen LogP contribution in [0.3, 0.4) is 0 Å². The monoisotopic (exact) mass is 833 g/mol. The number of oxime groups is 1. The molecule has 0 saturated carbocycles. The average Bonchev–Trinajstić information content (AvgIpc) is 3.74. The van der Waals surface area contributed by atoms with E-state index >= 15 is 0 Å². The number of ether oxygens (including phenoxy) is 3. The second-order valence-electron chi connectivity index (χ2n) is 13.7. The molecular formula is C37H24BN7O16. The van der Waals surface area contributed by atoms with Gasteiger partial charge in [0, 0.05) is 45.3 Å². The lowest BCUT2D eigenvalue weighted by molar-refractivity contribution is -0.393. The highest BCUT2D eigenvalue weighted by atomic mass is 17.3. The van der Waals surface area contributed by atoms with Gasteiger partial charge in [-0.1, -0.05) is 17.1 Å². The number of aromatic nitrogens is 2. The van der Waals surface area contributed by atoms with Crippen LogP contribution in [0, 0.1) is 30.3 Å². The number of fused-ring (bicyclic) bond motifs is 8. The zero-order chi connectivity index (χ0) is 43.7. The highest BCUT2D eigenvalue weighted by Crippen LogP contribution is 2.50. The maximum Gasteiger partial charge on any atom is 0.355 e. The number of carbonyl (C=O) groups is 3. The fourth-order valence-corrected chi connectivity index (χ4v) is 7.55. The molecule has 2 N–H and O–H groups in total. The van der Waals surface area contributed by atoms with Crippen LogP contribution in [0.2, 0.25) is 0 Å². The number of nitrogens with zero attached hydrogens (tertiary/aromatic N) is 6. The zero-order valence-corrected chi connectivity index (χ0v) is 31.3. The molecule has 0 saturated heterocycles. The molecule has 2 aliphatic heterocycles. The van der Waals surface area contributed by atoms with Crippen LogP contribution >= 0.6 is 0 Å². The molecule has 2 aromatic heterocycles. The molecule has 61 heavy (non-hydrogen) atoms. The van der Waals surface area contributed by atoms with Gasteiger partial charge in [-0.2, -0.15) is 5.90 Å². The van der Waals surface area contributed by atoms with Crippen LogP contribution < -0.4 is 21.1 Å². The van der Waals surface area contributed by atoms with Crippen molar-refractivity contribution in [3.63, 3.8) is 0 Å². The zero-order valence-electron chi connectivity index (χ0n) is 31.3. The van der Waals surface area contributed by atoms with Crippen molar-refractivity contribution in [1.82, 2.24) is 9.55 Å². The van der Waals surface area contributed by atoms with Gasteiger partial charge in [0.05, 0.1) is 61.5 Å². The summed E-state index contributed by atoms with van der Waals surface area (Å²) in [6.07, 6.45) is -1.95. The van der Waals surface area contributed by atoms with Gasteiger partial charge in [-0.05, 0) is 43.7 Å². The molecule has 23 nitrogen and oxygen atoms in total. The third-order valence-corrected chi connectivity index (χ3v) is 10.3. The number of pyridine rings is 2. The first-order valence-corrected chi connectivity index (χ1v) is 17.7. The molecule has 0 fully saturated rings. The Morgan fingerprint density at radius 3 is 2.36 bits per heavy atom. The Bertz CT molecular complexity index is 2950. The van der Waals surface area contributed by atoms with Crippen molar-refractivity contribution in [3.05, 3.63) is 123 Å². The third kappa shape index (κ3) is 6.41. The SMILES string of the molecule is [B]C(=O)Oc1ccc2nc3c(cc2c1)Cn1c-3cc2c(c1=O)COC(=O)[C@@]2(CC)OC(=O)[C@@H](C)ON=C1c2cc([N+](=O)[O-])cc(OON)c2-c2c1cc([N+](=O)[O-])cc2[N+](=O)[O-]. The highest BCUT2D eigenvalue weighted by Gasteiger charge is 2.51. The largest absolute Gasteiger partial charge is 0.457 e. The summed E-state index contributed by atoms with van der Waals surface area (Å²) < 4.78 is 17.7. The Kier molecular flexibility index (Phi) is 9.51. The molecule has 1 aliphatic carbocycles. The first-order valence-electron chi connectivity index (χ1n) is 17.7. The summed E-state index contributed by atoms with van der Waals surface area (Å²) in [5.74, 6) is 1.51. The third-order valence-electron chi connectivity index (χ3n) is 10.3. The molecule has 306 valence electrons. The number of carbonyl (C=O) groups excluding carboxylic acids is 3. The molecule has 4 heterocycles. The van der Waals surface area contributed by atoms with E-state index in [-0.39, 0.29) is 52.1 Å². The molecule has 2 radical (unpaired) electrons. The van der Waals surface area contributed by atoms with Crippen molar-refractivity contribution in [2.45, 2.75) is 45.1 Å². The number of benzene rings is 3. The summed E-state index contributed by atoms with van der Waals surface area (Å²) in [6, 6.07) is 11.2. The number of hydrogen-bond donors (Lipinski definition) is 1. The maximum absolute atomic E-state index is 14.0. The number of nitro groups is 3. The summed E-state index contributed by atoms with van der Waals surface area (Å²) in [5, 5.41) is 40.5. The Morgan fingerprint density at radius 2 is 1.70 bits per heavy atom. The topological polar surface area (TPSA) is 309 Å². The van der Waals surface area contributed by atoms with Crippen molar-refractivity contribution in [3.8, 4) is 34.0 Å². The average molecular weight is 833 g/mol. The van der Waals surface area contributed by atoms with E-state index < -0.39 is 85.0 Å². The first kappa shape index (κ1) is 39.7. The molecule has 3 aliphatic rings. The lowest BCUT2D eigenvalue weighted by Crippen LogP contribution is -2.48. The number of rotatable bonds is 11. The van der Waals surface area contributed by atoms with Gasteiger partial charge in [-0.3, -0.25) is 39.9 Å². The Morgan fingerprint density at radius 1 is 1.00 bits per heavy atom. The molecule has 0 unspecified atom stereocenters. The lowest BCUT2D eigenvalue weighted by atomic mass is 9.85. The van der Waals surface area contributed by atoms with Gasteiger partial charge in [0.1, 0.15) is 18.1 Å². The molecule has 3 aromatic carbocycles. The van der Waals surface area contributed by atoms with E-state index in [1.165, 1.54) is 23.6 Å². The fourth-order valence-electron chi connectivity index (χ4n) is 7.55. The van der Waals surface area contributed by atoms with Crippen molar-refractivity contribution in [2.24, 2.45) is 11.1 Å². The fraction of sp³-hybridized carbons (Fsp3) is 0.189. The molecule has 8 rings (SSSR count). The quantitative estimate of drug-likeness (QED) is 0.0631. The number of esters is 2. The van der Waals surface area contributed by atoms with Gasteiger partial charge in [0.2, 0.25) is 25.4 Å². The number of hydrogen-bond acceptors (Lipinski definition) is 19. The minimum atomic E-state index is -2.20. The van der Waals surface area contributed by atoms with Gasteiger partial charge < -0.3 is 28.5 Å². The standard InChI is InChI=1S/C37H24BN7O16/c1-3-37(24-12-27-31-17(13-42(27)33(46)23(24)14-56-35(37)48)6-16-7-20(57-36(38)49)4-5-25(16)40-31)58-34(47)15(2)59-41-32-21-8-18(43(50)51)10-26(45(54)55)29(21)30-22(32)9-19(44(52)53)11-28(30)60-61-39/h4-12,15H,3,13-14,39H2,1-2H3/t15-,37+/m1/s1. The molecule has 2 atom stereocenters. The highest BCUT2D eigenvalue weighted by molar-refractivity contribution is 6.55. The van der Waals surface area contributed by atoms with Crippen LogP contribution in [0.15, 0.2) is 64.5 Å². The van der Waals surface area contributed by atoms with E-state index in [2.05, 4.69) is 10.1 Å². The van der Waals surface area contributed by atoms with Crippen LogP contribution in [0.25, 0.3) is 33.4 Å². The molecule has 0 spiro atoms.